The molecule has 0 radical (unpaired) electrons. The number of rotatable bonds is 5. The van der Waals surface area contributed by atoms with Crippen LogP contribution in [0.4, 0.5) is 0 Å². The quantitative estimate of drug-likeness (QED) is 0.782. The number of benzene rings is 2. The van der Waals surface area contributed by atoms with E-state index in [-0.39, 0.29) is 17.9 Å². The summed E-state index contributed by atoms with van der Waals surface area (Å²) in [5.74, 6) is 0.167. The first-order valence-electron chi connectivity index (χ1n) is 7.54. The van der Waals surface area contributed by atoms with Crippen LogP contribution in [0, 0.1) is 5.92 Å². The van der Waals surface area contributed by atoms with E-state index in [1.54, 1.807) is 0 Å². The van der Waals surface area contributed by atoms with Gasteiger partial charge in [-0.3, -0.25) is 0 Å². The van der Waals surface area contributed by atoms with Gasteiger partial charge in [0.2, 0.25) is 0 Å². The van der Waals surface area contributed by atoms with E-state index in [1.165, 1.54) is 11.1 Å². The predicted molar refractivity (Wildman–Crippen MR) is 83.2 cm³/mol. The molecule has 0 aromatic heterocycles. The minimum Gasteiger partial charge on any atom is -0.377 e. The van der Waals surface area contributed by atoms with Crippen LogP contribution in [0.1, 0.15) is 23.5 Å². The van der Waals surface area contributed by atoms with E-state index in [1.807, 2.05) is 24.3 Å². The molecule has 2 aromatic rings. The third-order valence-corrected chi connectivity index (χ3v) is 4.33. The summed E-state index contributed by atoms with van der Waals surface area (Å²) in [5.41, 5.74) is 2.51. The van der Waals surface area contributed by atoms with Crippen molar-refractivity contribution in [3.63, 3.8) is 0 Å². The van der Waals surface area contributed by atoms with Gasteiger partial charge in [0, 0.05) is 11.8 Å². The number of hydrogen-bond acceptors (Lipinski definition) is 2. The van der Waals surface area contributed by atoms with Gasteiger partial charge in [-0.05, 0) is 24.0 Å². The highest BCUT2D eigenvalue weighted by Crippen LogP contribution is 2.35. The van der Waals surface area contributed by atoms with Crippen LogP contribution in [0.25, 0.3) is 0 Å². The van der Waals surface area contributed by atoms with Crippen LogP contribution >= 0.6 is 0 Å². The maximum absolute atomic E-state index is 11.5. The van der Waals surface area contributed by atoms with Crippen molar-refractivity contribution in [1.29, 1.82) is 0 Å². The largest absolute Gasteiger partial charge is 0.377 e. The van der Waals surface area contributed by atoms with Gasteiger partial charge >= 0.3 is 0 Å². The number of carbonyl (C=O) groups is 1. The first kappa shape index (κ1) is 14.0. The molecule has 0 spiro atoms. The number of hydrogen-bond donors (Lipinski definition) is 0. The van der Waals surface area contributed by atoms with Gasteiger partial charge in [0.1, 0.15) is 6.29 Å². The van der Waals surface area contributed by atoms with Crippen molar-refractivity contribution < 1.29 is 9.53 Å². The number of aryl methyl sites for hydroxylation is 1. The van der Waals surface area contributed by atoms with Gasteiger partial charge in [-0.1, -0.05) is 60.7 Å². The topological polar surface area (TPSA) is 26.3 Å². The molecule has 0 unspecified atom stereocenters. The van der Waals surface area contributed by atoms with Gasteiger partial charge in [0.05, 0.1) is 12.7 Å². The van der Waals surface area contributed by atoms with Gasteiger partial charge in [-0.2, -0.15) is 0 Å². The van der Waals surface area contributed by atoms with E-state index in [9.17, 15) is 4.79 Å². The Morgan fingerprint density at radius 1 is 1.00 bits per heavy atom. The van der Waals surface area contributed by atoms with E-state index in [0.29, 0.717) is 6.61 Å². The molecular formula is C19H20O2. The second kappa shape index (κ2) is 6.68. The fourth-order valence-electron chi connectivity index (χ4n) is 3.14. The maximum atomic E-state index is 11.5. The lowest BCUT2D eigenvalue weighted by Gasteiger charge is -2.17. The van der Waals surface area contributed by atoms with E-state index in [2.05, 4.69) is 36.4 Å². The summed E-state index contributed by atoms with van der Waals surface area (Å²) in [6.07, 6.45) is 2.97. The van der Waals surface area contributed by atoms with Crippen LogP contribution in [0.3, 0.4) is 0 Å². The second-order valence-corrected chi connectivity index (χ2v) is 5.63. The lowest BCUT2D eigenvalue weighted by atomic mass is 9.84. The molecule has 2 heteroatoms. The summed E-state index contributed by atoms with van der Waals surface area (Å²) in [5, 5.41) is 0. The standard InChI is InChI=1S/C19H20O2/c20-13-17-18(16-9-5-2-6-10-16)14-21-19(17)12-11-15-7-3-1-4-8-15/h1-10,13,17-19H,11-12,14H2/t17-,18+,19+/m0/s1. The van der Waals surface area contributed by atoms with Crippen molar-refractivity contribution in [2.24, 2.45) is 5.92 Å². The highest BCUT2D eigenvalue weighted by molar-refractivity contribution is 5.58. The first-order valence-corrected chi connectivity index (χ1v) is 7.54. The third-order valence-electron chi connectivity index (χ3n) is 4.33. The number of aldehydes is 1. The van der Waals surface area contributed by atoms with Crippen LogP contribution in [0.5, 0.6) is 0 Å². The fraction of sp³-hybridized carbons (Fsp3) is 0.316. The van der Waals surface area contributed by atoms with E-state index < -0.39 is 0 Å². The van der Waals surface area contributed by atoms with Crippen molar-refractivity contribution in [2.75, 3.05) is 6.61 Å². The zero-order valence-corrected chi connectivity index (χ0v) is 12.0. The van der Waals surface area contributed by atoms with Gasteiger partial charge < -0.3 is 9.53 Å². The highest BCUT2D eigenvalue weighted by Gasteiger charge is 2.37. The molecule has 1 saturated heterocycles. The molecule has 0 bridgehead atoms. The van der Waals surface area contributed by atoms with Gasteiger partial charge in [-0.15, -0.1) is 0 Å². The Morgan fingerprint density at radius 3 is 2.33 bits per heavy atom. The Hall–Kier alpha value is -1.93. The summed E-state index contributed by atoms with van der Waals surface area (Å²) in [6, 6.07) is 20.6. The molecule has 1 heterocycles. The van der Waals surface area contributed by atoms with Crippen molar-refractivity contribution in [2.45, 2.75) is 24.9 Å². The Kier molecular flexibility index (Phi) is 4.46. The molecule has 108 valence electrons. The van der Waals surface area contributed by atoms with E-state index in [0.717, 1.165) is 19.1 Å². The highest BCUT2D eigenvalue weighted by atomic mass is 16.5. The van der Waals surface area contributed by atoms with Crippen LogP contribution in [-0.4, -0.2) is 19.0 Å². The summed E-state index contributed by atoms with van der Waals surface area (Å²) in [6.45, 7) is 0.646. The Morgan fingerprint density at radius 2 is 1.67 bits per heavy atom. The monoisotopic (exact) mass is 280 g/mol. The average Bonchev–Trinajstić information content (AvgIpc) is 2.97. The molecule has 2 aromatic carbocycles. The molecule has 0 amide bonds. The molecular weight excluding hydrogens is 260 g/mol. The Labute approximate surface area is 125 Å². The number of carbonyl (C=O) groups excluding carboxylic acids is 1. The van der Waals surface area contributed by atoms with Gasteiger partial charge in [0.15, 0.2) is 0 Å². The molecule has 1 aliphatic rings. The Bertz CT molecular complexity index is 565. The lowest BCUT2D eigenvalue weighted by Crippen LogP contribution is -2.21. The molecule has 0 saturated carbocycles. The molecule has 3 rings (SSSR count). The molecule has 0 N–H and O–H groups in total. The molecule has 3 atom stereocenters. The lowest BCUT2D eigenvalue weighted by molar-refractivity contribution is -0.112. The zero-order chi connectivity index (χ0) is 14.5. The summed E-state index contributed by atoms with van der Waals surface area (Å²) >= 11 is 0. The summed E-state index contributed by atoms with van der Waals surface area (Å²) in [7, 11) is 0. The van der Waals surface area contributed by atoms with Crippen LogP contribution in [0.2, 0.25) is 0 Å². The second-order valence-electron chi connectivity index (χ2n) is 5.63. The normalized spacial score (nSPS) is 24.9. The van der Waals surface area contributed by atoms with Crippen molar-refractivity contribution in [3.8, 4) is 0 Å². The zero-order valence-electron chi connectivity index (χ0n) is 12.0. The molecule has 1 aliphatic heterocycles. The van der Waals surface area contributed by atoms with E-state index >= 15 is 0 Å². The smallest absolute Gasteiger partial charge is 0.126 e. The van der Waals surface area contributed by atoms with E-state index in [4.69, 9.17) is 4.74 Å². The third kappa shape index (κ3) is 3.22. The van der Waals surface area contributed by atoms with Gasteiger partial charge in [0.25, 0.3) is 0 Å². The van der Waals surface area contributed by atoms with Gasteiger partial charge in [-0.25, -0.2) is 0 Å². The van der Waals surface area contributed by atoms with Crippen molar-refractivity contribution >= 4 is 6.29 Å². The SMILES string of the molecule is O=C[C@H]1[C@@H](c2ccccc2)CO[C@@H]1CCc1ccccc1. The van der Waals surface area contributed by atoms with Crippen molar-refractivity contribution in [3.05, 3.63) is 71.8 Å². The van der Waals surface area contributed by atoms with Crippen LogP contribution < -0.4 is 0 Å². The summed E-state index contributed by atoms with van der Waals surface area (Å²) in [4.78, 5) is 11.5. The number of ether oxygens (including phenoxy) is 1. The molecule has 21 heavy (non-hydrogen) atoms. The minimum atomic E-state index is -0.0314. The minimum absolute atomic E-state index is 0.0314. The van der Waals surface area contributed by atoms with Crippen molar-refractivity contribution in [1.82, 2.24) is 0 Å². The molecule has 0 aliphatic carbocycles. The van der Waals surface area contributed by atoms with Crippen LogP contribution in [0.15, 0.2) is 60.7 Å². The maximum Gasteiger partial charge on any atom is 0.126 e. The molecule has 1 fully saturated rings. The fourth-order valence-corrected chi connectivity index (χ4v) is 3.14. The first-order chi connectivity index (χ1) is 10.4. The Balaban J connectivity index is 1.66. The van der Waals surface area contributed by atoms with Crippen LogP contribution in [-0.2, 0) is 16.0 Å². The predicted octanol–water partition coefficient (Wildman–Crippen LogP) is 3.62. The average molecular weight is 280 g/mol. The summed E-state index contributed by atoms with van der Waals surface area (Å²) < 4.78 is 5.91. The molecule has 2 nitrogen and oxygen atoms in total.